The lowest BCUT2D eigenvalue weighted by Gasteiger charge is -2.38. The molecule has 0 fully saturated rings. The molecule has 2 aromatic carbocycles. The van der Waals surface area contributed by atoms with Crippen molar-refractivity contribution >= 4 is 29.7 Å². The van der Waals surface area contributed by atoms with E-state index < -0.39 is 35.6 Å². The van der Waals surface area contributed by atoms with Gasteiger partial charge in [0.05, 0.1) is 0 Å². The number of hydrogen-bond acceptors (Lipinski definition) is 6. The SMILES string of the molecule is CCC(C)N(C(=O)C(CCSC)NC(=O)OC(C)(C)C)C(C(=O)NCc1ccccc1)c1ccccc1O. The topological polar surface area (TPSA) is 108 Å². The van der Waals surface area contributed by atoms with Gasteiger partial charge in [0.25, 0.3) is 0 Å². The molecule has 0 saturated heterocycles. The van der Waals surface area contributed by atoms with Crippen molar-refractivity contribution in [3.05, 3.63) is 65.7 Å². The van der Waals surface area contributed by atoms with Crippen LogP contribution in [0.5, 0.6) is 5.75 Å². The maximum absolute atomic E-state index is 14.1. The van der Waals surface area contributed by atoms with E-state index in [0.717, 1.165) is 5.56 Å². The largest absolute Gasteiger partial charge is 0.508 e. The molecule has 0 aliphatic carbocycles. The van der Waals surface area contributed by atoms with Crippen LogP contribution in [-0.4, -0.2) is 57.6 Å². The molecule has 0 heterocycles. The van der Waals surface area contributed by atoms with E-state index in [2.05, 4.69) is 10.6 Å². The zero-order valence-electron chi connectivity index (χ0n) is 23.2. The van der Waals surface area contributed by atoms with E-state index in [1.807, 2.05) is 50.4 Å². The van der Waals surface area contributed by atoms with Crippen LogP contribution in [-0.2, 0) is 20.9 Å². The molecule has 8 nitrogen and oxygen atoms in total. The Bertz CT molecular complexity index is 1060. The molecular weight excluding hydrogens is 502 g/mol. The van der Waals surface area contributed by atoms with Gasteiger partial charge in [-0.05, 0) is 64.2 Å². The molecule has 38 heavy (non-hydrogen) atoms. The zero-order chi connectivity index (χ0) is 28.3. The summed E-state index contributed by atoms with van der Waals surface area (Å²) in [6.45, 7) is 9.30. The number of thioether (sulfide) groups is 1. The second-order valence-electron chi connectivity index (χ2n) is 10.1. The van der Waals surface area contributed by atoms with Crippen LogP contribution in [0, 0.1) is 0 Å². The molecule has 0 aromatic heterocycles. The lowest BCUT2D eigenvalue weighted by molar-refractivity contribution is -0.145. The highest BCUT2D eigenvalue weighted by Gasteiger charge is 2.39. The van der Waals surface area contributed by atoms with Gasteiger partial charge in [0.2, 0.25) is 11.8 Å². The van der Waals surface area contributed by atoms with Crippen molar-refractivity contribution in [1.82, 2.24) is 15.5 Å². The van der Waals surface area contributed by atoms with Gasteiger partial charge in [-0.2, -0.15) is 11.8 Å². The number of carbonyl (C=O) groups is 3. The van der Waals surface area contributed by atoms with Crippen molar-refractivity contribution in [2.24, 2.45) is 0 Å². The van der Waals surface area contributed by atoms with Crippen LogP contribution in [0.15, 0.2) is 54.6 Å². The van der Waals surface area contributed by atoms with E-state index >= 15 is 0 Å². The van der Waals surface area contributed by atoms with E-state index in [1.165, 1.54) is 11.0 Å². The predicted molar refractivity (Wildman–Crippen MR) is 152 cm³/mol. The lowest BCUT2D eigenvalue weighted by atomic mass is 9.98. The Kier molecular flexibility index (Phi) is 12.0. The number of nitrogens with one attached hydrogen (secondary N) is 2. The van der Waals surface area contributed by atoms with E-state index in [9.17, 15) is 19.5 Å². The molecular formula is C29H41N3O5S. The predicted octanol–water partition coefficient (Wildman–Crippen LogP) is 5.02. The summed E-state index contributed by atoms with van der Waals surface area (Å²) in [5.41, 5.74) is 0.485. The number of ether oxygens (including phenoxy) is 1. The molecule has 2 aromatic rings. The molecule has 9 heteroatoms. The zero-order valence-corrected chi connectivity index (χ0v) is 24.0. The average Bonchev–Trinajstić information content (AvgIpc) is 2.87. The van der Waals surface area contributed by atoms with Crippen LogP contribution in [0.4, 0.5) is 4.79 Å². The Morgan fingerprint density at radius 1 is 1.05 bits per heavy atom. The van der Waals surface area contributed by atoms with Gasteiger partial charge >= 0.3 is 6.09 Å². The number of para-hydroxylation sites is 1. The minimum Gasteiger partial charge on any atom is -0.508 e. The van der Waals surface area contributed by atoms with Crippen molar-refractivity contribution in [3.63, 3.8) is 0 Å². The molecule has 0 saturated carbocycles. The fourth-order valence-corrected chi connectivity index (χ4v) is 4.41. The number of phenols is 1. The monoisotopic (exact) mass is 543 g/mol. The number of hydrogen-bond donors (Lipinski definition) is 3. The molecule has 2 rings (SSSR count). The van der Waals surface area contributed by atoms with Crippen molar-refractivity contribution in [2.75, 3.05) is 12.0 Å². The first-order valence-electron chi connectivity index (χ1n) is 12.9. The summed E-state index contributed by atoms with van der Waals surface area (Å²) in [6, 6.07) is 13.6. The number of phenolic OH excluding ortho intramolecular Hbond substituents is 1. The molecule has 208 valence electrons. The van der Waals surface area contributed by atoms with Gasteiger partial charge < -0.3 is 25.4 Å². The Hall–Kier alpha value is -3.20. The van der Waals surface area contributed by atoms with Crippen molar-refractivity contribution in [1.29, 1.82) is 0 Å². The molecule has 0 aliphatic rings. The highest BCUT2D eigenvalue weighted by Crippen LogP contribution is 2.32. The highest BCUT2D eigenvalue weighted by molar-refractivity contribution is 7.98. The summed E-state index contributed by atoms with van der Waals surface area (Å²) in [5, 5.41) is 16.4. The summed E-state index contributed by atoms with van der Waals surface area (Å²) in [6.07, 6.45) is 2.13. The molecule has 3 atom stereocenters. The number of carbonyl (C=O) groups excluding carboxylic acids is 3. The lowest BCUT2D eigenvalue weighted by Crippen LogP contribution is -2.55. The second-order valence-corrected chi connectivity index (χ2v) is 11.1. The Morgan fingerprint density at radius 2 is 1.68 bits per heavy atom. The normalized spacial score (nSPS) is 13.6. The highest BCUT2D eigenvalue weighted by atomic mass is 32.2. The van der Waals surface area contributed by atoms with E-state index in [-0.39, 0.29) is 18.3 Å². The number of aromatic hydroxyl groups is 1. The van der Waals surface area contributed by atoms with Crippen LogP contribution >= 0.6 is 11.8 Å². The number of alkyl carbamates (subject to hydrolysis) is 1. The van der Waals surface area contributed by atoms with Gasteiger partial charge in [-0.1, -0.05) is 55.5 Å². The maximum Gasteiger partial charge on any atom is 0.408 e. The minimum atomic E-state index is -1.11. The second kappa shape index (κ2) is 14.7. The van der Waals surface area contributed by atoms with Gasteiger partial charge in [-0.15, -0.1) is 0 Å². The van der Waals surface area contributed by atoms with Gasteiger partial charge in [-0.3, -0.25) is 9.59 Å². The van der Waals surface area contributed by atoms with E-state index in [0.29, 0.717) is 24.2 Å². The summed E-state index contributed by atoms with van der Waals surface area (Å²) in [7, 11) is 0. The summed E-state index contributed by atoms with van der Waals surface area (Å²) in [4.78, 5) is 42.0. The number of nitrogens with zero attached hydrogens (tertiary/aromatic N) is 1. The molecule has 3 N–H and O–H groups in total. The standard InChI is InChI=1S/C29H41N3O5S/c1-7-20(2)32(27(35)23(17-18-38-6)31-28(36)37-29(3,4)5)25(22-15-11-12-16-24(22)33)26(34)30-19-21-13-9-8-10-14-21/h8-16,20,23,25,33H,7,17-19H2,1-6H3,(H,30,34)(H,31,36). The van der Waals surface area contributed by atoms with Crippen molar-refractivity contribution < 1.29 is 24.2 Å². The van der Waals surface area contributed by atoms with Crippen molar-refractivity contribution in [3.8, 4) is 5.75 Å². The number of rotatable bonds is 12. The fourth-order valence-electron chi connectivity index (χ4n) is 3.94. The van der Waals surface area contributed by atoms with Crippen LogP contribution in [0.2, 0.25) is 0 Å². The summed E-state index contributed by atoms with van der Waals surface area (Å²) < 4.78 is 5.42. The van der Waals surface area contributed by atoms with Gasteiger partial charge in [0.1, 0.15) is 23.4 Å². The van der Waals surface area contributed by atoms with Crippen LogP contribution in [0.25, 0.3) is 0 Å². The third-order valence-corrected chi connectivity index (χ3v) is 6.63. The molecule has 3 amide bonds. The Balaban J connectivity index is 2.48. The smallest absolute Gasteiger partial charge is 0.408 e. The number of benzene rings is 2. The third-order valence-electron chi connectivity index (χ3n) is 5.99. The van der Waals surface area contributed by atoms with Gasteiger partial charge in [0.15, 0.2) is 0 Å². The molecule has 3 unspecified atom stereocenters. The molecule has 0 bridgehead atoms. The summed E-state index contributed by atoms with van der Waals surface area (Å²) in [5.74, 6) is -0.316. The molecule has 0 spiro atoms. The third kappa shape index (κ3) is 9.28. The number of amides is 3. The van der Waals surface area contributed by atoms with E-state index in [4.69, 9.17) is 4.74 Å². The first kappa shape index (κ1) is 31.0. The average molecular weight is 544 g/mol. The van der Waals surface area contributed by atoms with E-state index in [1.54, 1.807) is 50.7 Å². The summed E-state index contributed by atoms with van der Waals surface area (Å²) >= 11 is 1.55. The van der Waals surface area contributed by atoms with Crippen LogP contribution in [0.3, 0.4) is 0 Å². The molecule has 0 radical (unpaired) electrons. The molecule has 0 aliphatic heterocycles. The quantitative estimate of drug-likeness (QED) is 0.347. The van der Waals surface area contributed by atoms with Crippen molar-refractivity contribution in [2.45, 2.75) is 77.7 Å². The first-order valence-corrected chi connectivity index (χ1v) is 14.3. The minimum absolute atomic E-state index is 0.0887. The fraction of sp³-hybridized carbons (Fsp3) is 0.483. The van der Waals surface area contributed by atoms with Gasteiger partial charge in [0, 0.05) is 18.2 Å². The van der Waals surface area contributed by atoms with Gasteiger partial charge in [-0.25, -0.2) is 4.79 Å². The Morgan fingerprint density at radius 3 is 2.26 bits per heavy atom. The van der Waals surface area contributed by atoms with Crippen LogP contribution < -0.4 is 10.6 Å². The first-order chi connectivity index (χ1) is 18.0. The Labute approximate surface area is 230 Å². The van der Waals surface area contributed by atoms with Crippen LogP contribution in [0.1, 0.15) is 64.6 Å². The maximum atomic E-state index is 14.1.